The number of nitro benzene ring substituents is 1. The molecule has 1 N–H and O–H groups in total. The maximum atomic E-state index is 12.5. The Morgan fingerprint density at radius 3 is 2.68 bits per heavy atom. The number of nitro groups is 1. The van der Waals surface area contributed by atoms with Crippen LogP contribution in [0.15, 0.2) is 60.3 Å². The van der Waals surface area contributed by atoms with E-state index in [0.29, 0.717) is 23.2 Å². The lowest BCUT2D eigenvalue weighted by Gasteiger charge is -2.11. The third-order valence-electron chi connectivity index (χ3n) is 4.81. The summed E-state index contributed by atoms with van der Waals surface area (Å²) in [5.74, 6) is 1.28. The van der Waals surface area contributed by atoms with Gasteiger partial charge in [-0.3, -0.25) is 19.5 Å². The van der Waals surface area contributed by atoms with E-state index in [1.54, 1.807) is 6.08 Å². The molecule has 10 nitrogen and oxygen atoms in total. The quantitative estimate of drug-likeness (QED) is 0.176. The zero-order chi connectivity index (χ0) is 24.5. The number of carbonyl (C=O) groups is 1. The van der Waals surface area contributed by atoms with Crippen molar-refractivity contribution in [3.8, 4) is 11.5 Å². The average Bonchev–Trinajstić information content (AvgIpc) is 3.23. The van der Waals surface area contributed by atoms with Crippen LogP contribution in [0.1, 0.15) is 18.3 Å². The molecular weight excluding hydrogens is 458 g/mol. The van der Waals surface area contributed by atoms with Crippen molar-refractivity contribution in [3.63, 3.8) is 0 Å². The average molecular weight is 484 g/mol. The van der Waals surface area contributed by atoms with E-state index in [-0.39, 0.29) is 29.7 Å². The first-order valence-corrected chi connectivity index (χ1v) is 11.4. The first kappa shape index (κ1) is 24.8. The largest absolute Gasteiger partial charge is 0.494 e. The molecule has 0 radical (unpaired) electrons. The second-order valence-corrected chi connectivity index (χ2v) is 8.01. The third-order valence-corrected chi connectivity index (χ3v) is 5.77. The van der Waals surface area contributed by atoms with Crippen molar-refractivity contribution >= 4 is 29.0 Å². The molecule has 0 fully saturated rings. The molecule has 0 spiro atoms. The van der Waals surface area contributed by atoms with E-state index in [0.717, 1.165) is 12.2 Å². The third kappa shape index (κ3) is 6.35. The van der Waals surface area contributed by atoms with Gasteiger partial charge in [0, 0.05) is 12.6 Å². The molecule has 0 bridgehead atoms. The highest BCUT2D eigenvalue weighted by Crippen LogP contribution is 2.29. The molecule has 0 unspecified atom stereocenters. The molecule has 3 rings (SSSR count). The standard InChI is InChI=1S/C23H25N5O5S/c1-4-12-27-21(14-33-18-9-6-16(5-2)7-10-18)25-26-23(27)34-15-22(29)24-19-11-8-17(28(30)31)13-20(19)32-3/h4,6-11,13H,1,5,12,14-15H2,2-3H3,(H,24,29). The van der Waals surface area contributed by atoms with Crippen LogP contribution in [0.2, 0.25) is 0 Å². The van der Waals surface area contributed by atoms with Gasteiger partial charge in [0.05, 0.1) is 29.5 Å². The van der Waals surface area contributed by atoms with Gasteiger partial charge < -0.3 is 14.8 Å². The Labute approximate surface area is 201 Å². The molecule has 0 atom stereocenters. The van der Waals surface area contributed by atoms with Crippen molar-refractivity contribution in [2.75, 3.05) is 18.2 Å². The highest BCUT2D eigenvalue weighted by atomic mass is 32.2. The zero-order valence-corrected chi connectivity index (χ0v) is 19.7. The number of allylic oxidation sites excluding steroid dienone is 1. The van der Waals surface area contributed by atoms with E-state index >= 15 is 0 Å². The lowest BCUT2D eigenvalue weighted by molar-refractivity contribution is -0.384. The molecule has 1 aromatic heterocycles. The Morgan fingerprint density at radius 1 is 1.26 bits per heavy atom. The normalized spacial score (nSPS) is 10.5. The number of aryl methyl sites for hydroxylation is 1. The minimum absolute atomic E-state index is 0.0504. The Bertz CT molecular complexity index is 1160. The van der Waals surface area contributed by atoms with Crippen LogP contribution in [0, 0.1) is 10.1 Å². The number of benzene rings is 2. The van der Waals surface area contributed by atoms with Gasteiger partial charge in [0.1, 0.15) is 18.1 Å². The van der Waals surface area contributed by atoms with E-state index in [9.17, 15) is 14.9 Å². The van der Waals surface area contributed by atoms with Gasteiger partial charge in [-0.1, -0.05) is 36.9 Å². The Morgan fingerprint density at radius 2 is 2.03 bits per heavy atom. The fourth-order valence-electron chi connectivity index (χ4n) is 3.03. The minimum Gasteiger partial charge on any atom is -0.494 e. The number of amides is 1. The molecule has 0 aliphatic heterocycles. The maximum absolute atomic E-state index is 12.5. The molecule has 1 heterocycles. The number of nitrogens with zero attached hydrogens (tertiary/aromatic N) is 4. The summed E-state index contributed by atoms with van der Waals surface area (Å²) in [5.41, 5.74) is 1.44. The summed E-state index contributed by atoms with van der Waals surface area (Å²) in [6, 6.07) is 11.9. The molecule has 178 valence electrons. The van der Waals surface area contributed by atoms with Gasteiger partial charge >= 0.3 is 0 Å². The lowest BCUT2D eigenvalue weighted by Crippen LogP contribution is -2.15. The van der Waals surface area contributed by atoms with Crippen molar-refractivity contribution in [2.24, 2.45) is 0 Å². The second kappa shape index (κ2) is 11.8. The van der Waals surface area contributed by atoms with Gasteiger partial charge in [0.2, 0.25) is 5.91 Å². The van der Waals surface area contributed by atoms with Crippen LogP contribution < -0.4 is 14.8 Å². The van der Waals surface area contributed by atoms with Crippen LogP contribution in [0.4, 0.5) is 11.4 Å². The van der Waals surface area contributed by atoms with Crippen molar-refractivity contribution < 1.29 is 19.2 Å². The van der Waals surface area contributed by atoms with Gasteiger partial charge in [-0.2, -0.15) is 0 Å². The summed E-state index contributed by atoms with van der Waals surface area (Å²) in [4.78, 5) is 22.9. The Hall–Kier alpha value is -3.86. The zero-order valence-electron chi connectivity index (χ0n) is 18.9. The van der Waals surface area contributed by atoms with Crippen molar-refractivity contribution in [3.05, 3.63) is 76.6 Å². The first-order valence-electron chi connectivity index (χ1n) is 10.4. The molecular formula is C23H25N5O5S. The summed E-state index contributed by atoms with van der Waals surface area (Å²) < 4.78 is 12.8. The number of thioether (sulfide) groups is 1. The van der Waals surface area contributed by atoms with Gasteiger partial charge in [-0.15, -0.1) is 16.8 Å². The van der Waals surface area contributed by atoms with Crippen LogP contribution in [0.3, 0.4) is 0 Å². The van der Waals surface area contributed by atoms with Crippen LogP contribution in [0.5, 0.6) is 11.5 Å². The van der Waals surface area contributed by atoms with E-state index in [4.69, 9.17) is 9.47 Å². The molecule has 0 saturated carbocycles. The number of aromatic nitrogens is 3. The van der Waals surface area contributed by atoms with Crippen molar-refractivity contribution in [2.45, 2.75) is 31.7 Å². The lowest BCUT2D eigenvalue weighted by atomic mass is 10.2. The number of carbonyl (C=O) groups excluding carboxylic acids is 1. The van der Waals surface area contributed by atoms with E-state index in [1.165, 1.54) is 42.6 Å². The Kier molecular flexibility index (Phi) is 8.63. The molecule has 0 aliphatic carbocycles. The predicted octanol–water partition coefficient (Wildman–Crippen LogP) is 4.25. The number of methoxy groups -OCH3 is 1. The van der Waals surface area contributed by atoms with Crippen LogP contribution in [-0.4, -0.2) is 38.5 Å². The summed E-state index contributed by atoms with van der Waals surface area (Å²) >= 11 is 1.21. The van der Waals surface area contributed by atoms with E-state index in [1.807, 2.05) is 28.8 Å². The predicted molar refractivity (Wildman–Crippen MR) is 129 cm³/mol. The summed E-state index contributed by atoms with van der Waals surface area (Å²) in [5, 5.41) is 22.6. The number of nitrogens with one attached hydrogen (secondary N) is 1. The number of hydrogen-bond donors (Lipinski definition) is 1. The first-order chi connectivity index (χ1) is 16.4. The molecule has 34 heavy (non-hydrogen) atoms. The van der Waals surface area contributed by atoms with Crippen LogP contribution in [0.25, 0.3) is 0 Å². The molecule has 1 amide bonds. The van der Waals surface area contributed by atoms with Gasteiger partial charge in [-0.05, 0) is 30.2 Å². The minimum atomic E-state index is -0.530. The van der Waals surface area contributed by atoms with Gasteiger partial charge in [0.15, 0.2) is 11.0 Å². The number of hydrogen-bond acceptors (Lipinski definition) is 8. The summed E-state index contributed by atoms with van der Waals surface area (Å²) in [7, 11) is 1.38. The smallest absolute Gasteiger partial charge is 0.273 e. The molecule has 2 aromatic carbocycles. The van der Waals surface area contributed by atoms with E-state index in [2.05, 4.69) is 29.0 Å². The highest BCUT2D eigenvalue weighted by Gasteiger charge is 2.16. The Balaban J connectivity index is 1.62. The fourth-order valence-corrected chi connectivity index (χ4v) is 3.79. The van der Waals surface area contributed by atoms with Crippen molar-refractivity contribution in [1.82, 2.24) is 14.8 Å². The highest BCUT2D eigenvalue weighted by molar-refractivity contribution is 7.99. The fraction of sp³-hybridized carbons (Fsp3) is 0.261. The number of rotatable bonds is 12. The second-order valence-electron chi connectivity index (χ2n) is 7.06. The number of anilines is 1. The maximum Gasteiger partial charge on any atom is 0.273 e. The molecule has 3 aromatic rings. The van der Waals surface area contributed by atoms with Crippen molar-refractivity contribution in [1.29, 1.82) is 0 Å². The van der Waals surface area contributed by atoms with Gasteiger partial charge in [-0.25, -0.2) is 0 Å². The monoisotopic (exact) mass is 483 g/mol. The van der Waals surface area contributed by atoms with E-state index < -0.39 is 4.92 Å². The number of non-ortho nitro benzene ring substituents is 1. The van der Waals surface area contributed by atoms with Gasteiger partial charge in [0.25, 0.3) is 5.69 Å². The molecule has 0 saturated heterocycles. The van der Waals surface area contributed by atoms with Crippen LogP contribution >= 0.6 is 11.8 Å². The summed E-state index contributed by atoms with van der Waals surface area (Å²) in [6.45, 7) is 6.55. The topological polar surface area (TPSA) is 121 Å². The molecule has 11 heteroatoms. The summed E-state index contributed by atoms with van der Waals surface area (Å²) in [6.07, 6.45) is 2.67. The number of ether oxygens (including phenoxy) is 2. The molecule has 0 aliphatic rings. The van der Waals surface area contributed by atoms with Crippen LogP contribution in [-0.2, 0) is 24.4 Å². The SMILES string of the molecule is C=CCn1c(COc2ccc(CC)cc2)nnc1SCC(=O)Nc1ccc([N+](=O)[O-])cc1OC.